The van der Waals surface area contributed by atoms with Crippen molar-refractivity contribution < 1.29 is 14.1 Å². The summed E-state index contributed by atoms with van der Waals surface area (Å²) in [6.45, 7) is 6.04. The highest BCUT2D eigenvalue weighted by molar-refractivity contribution is 6.01. The Labute approximate surface area is 210 Å². The summed E-state index contributed by atoms with van der Waals surface area (Å²) in [5, 5.41) is 7.41. The maximum absolute atomic E-state index is 13.4. The minimum absolute atomic E-state index is 0.207. The number of amides is 2. The molecule has 182 valence electrons. The van der Waals surface area contributed by atoms with Gasteiger partial charge < -0.3 is 14.6 Å². The molecule has 0 bridgehead atoms. The molecule has 36 heavy (non-hydrogen) atoms. The number of aryl methyl sites for hydroxylation is 2. The van der Waals surface area contributed by atoms with Crippen molar-refractivity contribution in [2.75, 3.05) is 12.0 Å². The lowest BCUT2D eigenvalue weighted by Gasteiger charge is -2.35. The fraction of sp³-hybridized carbons (Fsp3) is 0.207. The highest BCUT2D eigenvalue weighted by Gasteiger charge is 2.36. The number of benzene rings is 3. The highest BCUT2D eigenvalue weighted by Crippen LogP contribution is 2.39. The van der Waals surface area contributed by atoms with Crippen molar-refractivity contribution in [3.8, 4) is 17.1 Å². The van der Waals surface area contributed by atoms with E-state index in [1.807, 2.05) is 74.5 Å². The summed E-state index contributed by atoms with van der Waals surface area (Å²) in [5.74, 6) is 1.58. The molecule has 1 aromatic heterocycles. The predicted octanol–water partition coefficient (Wildman–Crippen LogP) is 6.32. The van der Waals surface area contributed by atoms with Crippen LogP contribution in [0.2, 0.25) is 0 Å². The Hall–Kier alpha value is -4.39. The van der Waals surface area contributed by atoms with Gasteiger partial charge in [-0.3, -0.25) is 4.90 Å². The molecule has 2 amide bonds. The number of methoxy groups -OCH3 is 1. The van der Waals surface area contributed by atoms with Crippen LogP contribution >= 0.6 is 0 Å². The second-order valence-electron chi connectivity index (χ2n) is 8.80. The van der Waals surface area contributed by atoms with Gasteiger partial charge in [0.1, 0.15) is 5.75 Å². The third-order valence-electron chi connectivity index (χ3n) is 6.47. The van der Waals surface area contributed by atoms with Gasteiger partial charge in [-0.05, 0) is 73.4 Å². The molecule has 1 unspecified atom stereocenters. The molecule has 5 rings (SSSR count). The molecule has 0 spiro atoms. The topological polar surface area (TPSA) is 80.5 Å². The molecule has 2 heterocycles. The zero-order chi connectivity index (χ0) is 25.2. The van der Waals surface area contributed by atoms with Gasteiger partial charge in [-0.15, -0.1) is 0 Å². The molecule has 7 nitrogen and oxygen atoms in total. The molecule has 0 saturated heterocycles. The fourth-order valence-corrected chi connectivity index (χ4v) is 4.48. The Balaban J connectivity index is 1.62. The van der Waals surface area contributed by atoms with Gasteiger partial charge in [0.05, 0.1) is 24.4 Å². The van der Waals surface area contributed by atoms with E-state index in [9.17, 15) is 4.79 Å². The third-order valence-corrected chi connectivity index (χ3v) is 6.47. The van der Waals surface area contributed by atoms with Crippen LogP contribution in [-0.4, -0.2) is 23.3 Å². The van der Waals surface area contributed by atoms with E-state index < -0.39 is 6.04 Å². The first kappa shape index (κ1) is 23.4. The van der Waals surface area contributed by atoms with Crippen LogP contribution in [0.25, 0.3) is 17.0 Å². The summed E-state index contributed by atoms with van der Waals surface area (Å²) >= 11 is 0. The molecule has 0 saturated carbocycles. The average molecular weight is 481 g/mol. The molecule has 0 fully saturated rings. The number of ether oxygens (including phenoxy) is 1. The number of hydrogen-bond donors (Lipinski definition) is 1. The second kappa shape index (κ2) is 9.70. The molecule has 1 atom stereocenters. The molecule has 0 aliphatic carbocycles. The van der Waals surface area contributed by atoms with Crippen LogP contribution in [-0.2, 0) is 6.42 Å². The zero-order valence-corrected chi connectivity index (χ0v) is 20.8. The summed E-state index contributed by atoms with van der Waals surface area (Å²) in [6, 6.07) is 22.9. The van der Waals surface area contributed by atoms with E-state index in [1.54, 1.807) is 12.0 Å². The van der Waals surface area contributed by atoms with Gasteiger partial charge >= 0.3 is 6.03 Å². The van der Waals surface area contributed by atoms with Crippen molar-refractivity contribution in [1.29, 1.82) is 0 Å². The van der Waals surface area contributed by atoms with Gasteiger partial charge in [0.25, 0.3) is 5.89 Å². The van der Waals surface area contributed by atoms with Gasteiger partial charge in [0.15, 0.2) is 0 Å². The maximum atomic E-state index is 13.4. The van der Waals surface area contributed by atoms with Crippen LogP contribution in [0.1, 0.15) is 42.5 Å². The number of nitrogens with one attached hydrogen (secondary N) is 1. The van der Waals surface area contributed by atoms with E-state index in [0.717, 1.165) is 45.8 Å². The van der Waals surface area contributed by atoms with E-state index in [2.05, 4.69) is 29.5 Å². The first-order valence-corrected chi connectivity index (χ1v) is 11.9. The summed E-state index contributed by atoms with van der Waals surface area (Å²) in [4.78, 5) is 19.8. The lowest BCUT2D eigenvalue weighted by atomic mass is 9.93. The largest absolute Gasteiger partial charge is 0.497 e. The Kier molecular flexibility index (Phi) is 6.29. The van der Waals surface area contributed by atoms with Crippen LogP contribution in [0.5, 0.6) is 5.75 Å². The number of allylic oxidation sites excluding steroid dienone is 1. The Morgan fingerprint density at radius 2 is 1.78 bits per heavy atom. The smallest absolute Gasteiger partial charge is 0.326 e. The minimum Gasteiger partial charge on any atom is -0.497 e. The number of anilines is 1. The van der Waals surface area contributed by atoms with Crippen LogP contribution in [0, 0.1) is 6.92 Å². The molecule has 1 N–H and O–H groups in total. The predicted molar refractivity (Wildman–Crippen MR) is 140 cm³/mol. The van der Waals surface area contributed by atoms with Gasteiger partial charge in [0.2, 0.25) is 5.82 Å². The standard InChI is InChI=1S/C29H28N4O3/c1-5-20-9-11-21(12-10-20)26-25(19(3)33(29(34)30-26)23-8-6-7-18(2)17-23)28-31-27(32-36-28)22-13-15-24(35-4)16-14-22/h6-17,26H,5H2,1-4H3,(H,30,34). The minimum atomic E-state index is -0.436. The number of carbonyl (C=O) groups is 1. The molecule has 0 radical (unpaired) electrons. The lowest BCUT2D eigenvalue weighted by molar-refractivity contribution is 0.244. The van der Waals surface area contributed by atoms with Gasteiger partial charge in [-0.1, -0.05) is 48.5 Å². The SMILES string of the molecule is CCc1ccc(C2NC(=O)N(c3cccc(C)c3)C(C)=C2c2nc(-c3ccc(OC)cc3)no2)cc1. The van der Waals surface area contributed by atoms with Crippen molar-refractivity contribution in [1.82, 2.24) is 15.5 Å². The number of hydrogen-bond acceptors (Lipinski definition) is 5. The monoisotopic (exact) mass is 480 g/mol. The zero-order valence-electron chi connectivity index (χ0n) is 20.8. The number of urea groups is 1. The van der Waals surface area contributed by atoms with E-state index in [0.29, 0.717) is 11.7 Å². The molecule has 4 aromatic rings. The summed E-state index contributed by atoms with van der Waals surface area (Å²) in [5.41, 5.74) is 6.31. The normalized spacial score (nSPS) is 15.7. The van der Waals surface area contributed by atoms with Crippen LogP contribution < -0.4 is 15.0 Å². The van der Waals surface area contributed by atoms with Crippen LogP contribution in [0.3, 0.4) is 0 Å². The number of aromatic nitrogens is 2. The molecular weight excluding hydrogens is 452 g/mol. The molecule has 1 aliphatic heterocycles. The maximum Gasteiger partial charge on any atom is 0.326 e. The first-order valence-electron chi connectivity index (χ1n) is 11.9. The summed E-state index contributed by atoms with van der Waals surface area (Å²) in [7, 11) is 1.63. The van der Waals surface area contributed by atoms with Crippen molar-refractivity contribution in [3.63, 3.8) is 0 Å². The average Bonchev–Trinajstić information content (AvgIpc) is 3.38. The van der Waals surface area contributed by atoms with Crippen molar-refractivity contribution in [3.05, 3.63) is 101 Å². The first-order chi connectivity index (χ1) is 17.5. The fourth-order valence-electron chi connectivity index (χ4n) is 4.48. The third kappa shape index (κ3) is 4.35. The molecule has 7 heteroatoms. The van der Waals surface area contributed by atoms with Crippen LogP contribution in [0.4, 0.5) is 10.5 Å². The van der Waals surface area contributed by atoms with Gasteiger partial charge in [-0.25, -0.2) is 4.79 Å². The van der Waals surface area contributed by atoms with Crippen molar-refractivity contribution in [2.24, 2.45) is 0 Å². The second-order valence-corrected chi connectivity index (χ2v) is 8.80. The molecular formula is C29H28N4O3. The Bertz CT molecular complexity index is 1420. The lowest BCUT2D eigenvalue weighted by Crippen LogP contribution is -2.46. The van der Waals surface area contributed by atoms with Crippen molar-refractivity contribution in [2.45, 2.75) is 33.2 Å². The van der Waals surface area contributed by atoms with Crippen LogP contribution in [0.15, 0.2) is 83.0 Å². The van der Waals surface area contributed by atoms with E-state index in [1.165, 1.54) is 5.56 Å². The molecule has 1 aliphatic rings. The highest BCUT2D eigenvalue weighted by atomic mass is 16.5. The van der Waals surface area contributed by atoms with E-state index in [-0.39, 0.29) is 6.03 Å². The number of carbonyl (C=O) groups excluding carboxylic acids is 1. The van der Waals surface area contributed by atoms with Gasteiger partial charge in [0, 0.05) is 11.3 Å². The Morgan fingerprint density at radius 3 is 2.44 bits per heavy atom. The van der Waals surface area contributed by atoms with Gasteiger partial charge in [-0.2, -0.15) is 4.98 Å². The summed E-state index contributed by atoms with van der Waals surface area (Å²) in [6.07, 6.45) is 0.940. The molecule has 3 aromatic carbocycles. The number of rotatable bonds is 6. The Morgan fingerprint density at radius 1 is 1.03 bits per heavy atom. The number of nitrogens with zero attached hydrogens (tertiary/aromatic N) is 3. The van der Waals surface area contributed by atoms with Crippen molar-refractivity contribution >= 4 is 17.3 Å². The van der Waals surface area contributed by atoms with E-state index >= 15 is 0 Å². The van der Waals surface area contributed by atoms with E-state index in [4.69, 9.17) is 14.2 Å². The summed E-state index contributed by atoms with van der Waals surface area (Å²) < 4.78 is 11.1. The quantitative estimate of drug-likeness (QED) is 0.349.